The van der Waals surface area contributed by atoms with Crippen LogP contribution in [0.15, 0.2) is 41.4 Å². The molecule has 1 heterocycles. The molecule has 0 spiro atoms. The summed E-state index contributed by atoms with van der Waals surface area (Å²) in [5.41, 5.74) is -0.432. The maximum Gasteiger partial charge on any atom is 0.280 e. The van der Waals surface area contributed by atoms with Crippen LogP contribution in [0.5, 0.6) is 5.75 Å². The van der Waals surface area contributed by atoms with E-state index in [9.17, 15) is 25.0 Å². The van der Waals surface area contributed by atoms with Gasteiger partial charge in [-0.15, -0.1) is 0 Å². The highest BCUT2D eigenvalue weighted by Gasteiger charge is 2.20. The van der Waals surface area contributed by atoms with Crippen LogP contribution in [0.1, 0.15) is 23.7 Å². The van der Waals surface area contributed by atoms with Gasteiger partial charge in [-0.2, -0.15) is 4.99 Å². The van der Waals surface area contributed by atoms with Crippen LogP contribution < -0.4 is 9.54 Å². The summed E-state index contributed by atoms with van der Waals surface area (Å²) in [7, 11) is 1.55. The van der Waals surface area contributed by atoms with Crippen molar-refractivity contribution in [1.82, 2.24) is 4.57 Å². The summed E-state index contributed by atoms with van der Waals surface area (Å²) in [5, 5.41) is 22.1. The number of benzene rings is 2. The molecule has 0 aliphatic carbocycles. The molecule has 29 heavy (non-hydrogen) atoms. The molecule has 3 rings (SSSR count). The first-order valence-corrected chi connectivity index (χ1v) is 9.36. The van der Waals surface area contributed by atoms with Gasteiger partial charge < -0.3 is 9.30 Å². The second kappa shape index (κ2) is 8.19. The van der Waals surface area contributed by atoms with Crippen LogP contribution in [0.4, 0.5) is 11.4 Å². The van der Waals surface area contributed by atoms with Gasteiger partial charge >= 0.3 is 0 Å². The standard InChI is InChI=1S/C18H16N4O6S/c1-3-6-20-15-5-4-14(28-2)10-16(15)29-18(20)19-17(23)11-7-12(21(24)25)9-13(8-11)22(26)27/h4-5,7-10H,3,6H2,1-2H3. The van der Waals surface area contributed by atoms with E-state index < -0.39 is 27.1 Å². The van der Waals surface area contributed by atoms with Crippen molar-refractivity contribution in [3.8, 4) is 5.75 Å². The zero-order valence-corrected chi connectivity index (χ0v) is 16.3. The highest BCUT2D eigenvalue weighted by molar-refractivity contribution is 7.16. The van der Waals surface area contributed by atoms with Crippen molar-refractivity contribution in [2.45, 2.75) is 19.9 Å². The van der Waals surface area contributed by atoms with Crippen molar-refractivity contribution in [2.24, 2.45) is 4.99 Å². The number of nitro groups is 2. The monoisotopic (exact) mass is 416 g/mol. The molecular weight excluding hydrogens is 400 g/mol. The maximum atomic E-state index is 12.7. The number of thiazole rings is 1. The van der Waals surface area contributed by atoms with Gasteiger partial charge in [-0.05, 0) is 24.6 Å². The molecule has 0 unspecified atom stereocenters. The van der Waals surface area contributed by atoms with E-state index in [0.717, 1.165) is 34.8 Å². The fraction of sp³-hybridized carbons (Fsp3) is 0.222. The van der Waals surface area contributed by atoms with Gasteiger partial charge in [0.15, 0.2) is 4.80 Å². The Morgan fingerprint density at radius 2 is 1.79 bits per heavy atom. The Bertz CT molecular complexity index is 1160. The van der Waals surface area contributed by atoms with Crippen molar-refractivity contribution in [3.63, 3.8) is 0 Å². The zero-order chi connectivity index (χ0) is 21.1. The minimum absolute atomic E-state index is 0.219. The number of fused-ring (bicyclic) bond motifs is 1. The number of carbonyl (C=O) groups excluding carboxylic acids is 1. The van der Waals surface area contributed by atoms with Crippen molar-refractivity contribution in [3.05, 3.63) is 67.0 Å². The average Bonchev–Trinajstić information content (AvgIpc) is 3.03. The fourth-order valence-corrected chi connectivity index (χ4v) is 3.87. The predicted molar refractivity (Wildman–Crippen MR) is 106 cm³/mol. The molecule has 0 fully saturated rings. The van der Waals surface area contributed by atoms with Crippen molar-refractivity contribution < 1.29 is 19.4 Å². The van der Waals surface area contributed by atoms with Gasteiger partial charge in [0.25, 0.3) is 17.3 Å². The number of nitrogens with zero attached hydrogens (tertiary/aromatic N) is 4. The van der Waals surface area contributed by atoms with E-state index in [1.165, 1.54) is 11.3 Å². The number of carbonyl (C=O) groups is 1. The molecule has 0 bridgehead atoms. The summed E-state index contributed by atoms with van der Waals surface area (Å²) in [6, 6.07) is 8.27. The second-order valence-corrected chi connectivity index (χ2v) is 7.05. The van der Waals surface area contributed by atoms with E-state index >= 15 is 0 Å². The topological polar surface area (TPSA) is 130 Å². The van der Waals surface area contributed by atoms with E-state index in [1.54, 1.807) is 13.2 Å². The Kier molecular flexibility index (Phi) is 5.69. The summed E-state index contributed by atoms with van der Waals surface area (Å²) >= 11 is 1.27. The quantitative estimate of drug-likeness (QED) is 0.445. The fourth-order valence-electron chi connectivity index (χ4n) is 2.79. The van der Waals surface area contributed by atoms with Crippen LogP contribution in [0.25, 0.3) is 10.2 Å². The third-order valence-corrected chi connectivity index (χ3v) is 5.15. The van der Waals surface area contributed by atoms with Gasteiger partial charge in [0.1, 0.15) is 5.75 Å². The largest absolute Gasteiger partial charge is 0.497 e. The Morgan fingerprint density at radius 3 is 2.34 bits per heavy atom. The van der Waals surface area contributed by atoms with Crippen LogP contribution in [0.2, 0.25) is 0 Å². The van der Waals surface area contributed by atoms with Gasteiger partial charge in [-0.3, -0.25) is 25.0 Å². The molecule has 1 aromatic heterocycles. The number of aryl methyl sites for hydroxylation is 1. The number of nitro benzene ring substituents is 2. The Balaban J connectivity index is 2.15. The number of hydrogen-bond donors (Lipinski definition) is 0. The molecule has 0 aliphatic heterocycles. The molecule has 0 saturated heterocycles. The normalized spacial score (nSPS) is 11.6. The number of non-ortho nitro benzene ring substituents is 2. The molecule has 11 heteroatoms. The van der Waals surface area contributed by atoms with Crippen molar-refractivity contribution >= 4 is 38.8 Å². The minimum atomic E-state index is -0.792. The number of ether oxygens (including phenoxy) is 1. The molecule has 1 amide bonds. The Morgan fingerprint density at radius 1 is 1.14 bits per heavy atom. The zero-order valence-electron chi connectivity index (χ0n) is 15.5. The predicted octanol–water partition coefficient (Wildman–Crippen LogP) is 3.68. The summed E-state index contributed by atoms with van der Waals surface area (Å²) in [6.07, 6.45) is 0.793. The lowest BCUT2D eigenvalue weighted by Crippen LogP contribution is -2.17. The number of amides is 1. The summed E-state index contributed by atoms with van der Waals surface area (Å²) in [5.74, 6) is -0.130. The first-order chi connectivity index (χ1) is 13.8. The Labute approximate surface area is 168 Å². The van der Waals surface area contributed by atoms with Gasteiger partial charge in [-0.1, -0.05) is 18.3 Å². The van der Waals surface area contributed by atoms with Gasteiger partial charge in [0, 0.05) is 18.7 Å². The number of rotatable bonds is 6. The highest BCUT2D eigenvalue weighted by atomic mass is 32.1. The lowest BCUT2D eigenvalue weighted by Gasteiger charge is -2.03. The molecule has 10 nitrogen and oxygen atoms in total. The summed E-state index contributed by atoms with van der Waals surface area (Å²) in [4.78, 5) is 37.7. The second-order valence-electron chi connectivity index (χ2n) is 6.04. The SMILES string of the molecule is CCCn1c(=NC(=O)c2cc([N+](=O)[O-])cc([N+](=O)[O-])c2)sc2cc(OC)ccc21. The molecule has 0 atom stereocenters. The van der Waals surface area contributed by atoms with Crippen LogP contribution in [-0.4, -0.2) is 27.4 Å². The van der Waals surface area contributed by atoms with Crippen molar-refractivity contribution in [2.75, 3.05) is 7.11 Å². The third kappa shape index (κ3) is 4.14. The van der Waals surface area contributed by atoms with E-state index in [-0.39, 0.29) is 5.56 Å². The first kappa shape index (κ1) is 20.1. The summed E-state index contributed by atoms with van der Waals surface area (Å²) in [6.45, 7) is 2.59. The first-order valence-electron chi connectivity index (χ1n) is 8.54. The van der Waals surface area contributed by atoms with E-state index in [2.05, 4.69) is 4.99 Å². The van der Waals surface area contributed by atoms with E-state index in [0.29, 0.717) is 17.1 Å². The van der Waals surface area contributed by atoms with Gasteiger partial charge in [-0.25, -0.2) is 0 Å². The van der Waals surface area contributed by atoms with Crippen molar-refractivity contribution in [1.29, 1.82) is 0 Å². The lowest BCUT2D eigenvalue weighted by molar-refractivity contribution is -0.394. The molecule has 2 aromatic carbocycles. The molecular formula is C18H16N4O6S. The number of hydrogen-bond acceptors (Lipinski definition) is 7. The van der Waals surface area contributed by atoms with Crippen LogP contribution in [0.3, 0.4) is 0 Å². The number of methoxy groups -OCH3 is 1. The number of aromatic nitrogens is 1. The third-order valence-electron chi connectivity index (χ3n) is 4.11. The highest BCUT2D eigenvalue weighted by Crippen LogP contribution is 2.25. The van der Waals surface area contributed by atoms with E-state index in [1.807, 2.05) is 23.6 Å². The average molecular weight is 416 g/mol. The molecule has 0 saturated carbocycles. The van der Waals surface area contributed by atoms with E-state index in [4.69, 9.17) is 4.74 Å². The molecule has 150 valence electrons. The lowest BCUT2D eigenvalue weighted by atomic mass is 10.1. The molecule has 0 N–H and O–H groups in total. The van der Waals surface area contributed by atoms with Crippen LogP contribution in [-0.2, 0) is 6.54 Å². The minimum Gasteiger partial charge on any atom is -0.497 e. The molecule has 3 aromatic rings. The summed E-state index contributed by atoms with van der Waals surface area (Å²) < 4.78 is 7.95. The molecule has 0 radical (unpaired) electrons. The Hall–Kier alpha value is -3.60. The van der Waals surface area contributed by atoms with Gasteiger partial charge in [0.2, 0.25) is 0 Å². The van der Waals surface area contributed by atoms with Crippen LogP contribution >= 0.6 is 11.3 Å². The van der Waals surface area contributed by atoms with Crippen LogP contribution in [0, 0.1) is 20.2 Å². The van der Waals surface area contributed by atoms with Gasteiger partial charge in [0.05, 0.1) is 38.8 Å². The maximum absolute atomic E-state index is 12.7. The molecule has 0 aliphatic rings. The smallest absolute Gasteiger partial charge is 0.280 e.